The van der Waals surface area contributed by atoms with Gasteiger partial charge in [0.25, 0.3) is 0 Å². The molecule has 0 aliphatic carbocycles. The fraction of sp³-hybridized carbons (Fsp3) is 0.400. The number of methoxy groups -OCH3 is 1. The quantitative estimate of drug-likeness (QED) is 0.523. The molecular weight excluding hydrogens is 106 g/mol. The highest BCUT2D eigenvalue weighted by molar-refractivity contribution is 5.73. The zero-order valence-electron chi connectivity index (χ0n) is 4.97. The van der Waals surface area contributed by atoms with Gasteiger partial charge < -0.3 is 10.1 Å². The standard InChI is InChI=1S/C5H9NO2/c1-5(7)6-3-4-8-2/h3-4H,1-2H3,(H,6,7). The minimum absolute atomic E-state index is 0.0988. The molecule has 0 spiro atoms. The molecule has 8 heavy (non-hydrogen) atoms. The second-order valence-corrected chi connectivity index (χ2v) is 1.24. The van der Waals surface area contributed by atoms with Crippen molar-refractivity contribution in [2.45, 2.75) is 6.92 Å². The molecule has 1 N–H and O–H groups in total. The lowest BCUT2D eigenvalue weighted by atomic mass is 10.7. The molecule has 0 atom stereocenters. The van der Waals surface area contributed by atoms with E-state index in [4.69, 9.17) is 0 Å². The highest BCUT2D eigenvalue weighted by atomic mass is 16.5. The fourth-order valence-corrected chi connectivity index (χ4v) is 0.219. The van der Waals surface area contributed by atoms with E-state index in [0.717, 1.165) is 0 Å². The Bertz CT molecular complexity index is 98.6. The van der Waals surface area contributed by atoms with E-state index in [-0.39, 0.29) is 5.91 Å². The van der Waals surface area contributed by atoms with Crippen molar-refractivity contribution in [3.63, 3.8) is 0 Å². The Morgan fingerprint density at radius 3 is 2.75 bits per heavy atom. The number of hydrogen-bond donors (Lipinski definition) is 1. The van der Waals surface area contributed by atoms with Crippen LogP contribution in [-0.2, 0) is 9.53 Å². The summed E-state index contributed by atoms with van der Waals surface area (Å²) in [6.07, 6.45) is 2.82. The van der Waals surface area contributed by atoms with Crippen LogP contribution < -0.4 is 5.32 Å². The van der Waals surface area contributed by atoms with Crippen LogP contribution in [0.5, 0.6) is 0 Å². The van der Waals surface area contributed by atoms with Crippen LogP contribution in [0.15, 0.2) is 12.5 Å². The molecule has 3 nitrogen and oxygen atoms in total. The van der Waals surface area contributed by atoms with Crippen LogP contribution in [0.2, 0.25) is 0 Å². The molecule has 0 bridgehead atoms. The summed E-state index contributed by atoms with van der Waals surface area (Å²) >= 11 is 0. The van der Waals surface area contributed by atoms with E-state index in [1.807, 2.05) is 0 Å². The first-order valence-electron chi connectivity index (χ1n) is 2.22. The van der Waals surface area contributed by atoms with Crippen molar-refractivity contribution in [3.8, 4) is 0 Å². The average molecular weight is 115 g/mol. The Balaban J connectivity index is 3.16. The third kappa shape index (κ3) is 5.01. The SMILES string of the molecule is COC=CNC(C)=O. The number of rotatable bonds is 2. The van der Waals surface area contributed by atoms with Crippen molar-refractivity contribution >= 4 is 5.91 Å². The molecule has 0 aromatic rings. The van der Waals surface area contributed by atoms with E-state index < -0.39 is 0 Å². The van der Waals surface area contributed by atoms with E-state index in [1.165, 1.54) is 26.5 Å². The second-order valence-electron chi connectivity index (χ2n) is 1.24. The zero-order chi connectivity index (χ0) is 6.41. The average Bonchev–Trinajstić information content (AvgIpc) is 1.66. The maximum absolute atomic E-state index is 10.1. The summed E-state index contributed by atoms with van der Waals surface area (Å²) in [5.41, 5.74) is 0. The number of nitrogens with one attached hydrogen (secondary N) is 1. The van der Waals surface area contributed by atoms with Crippen molar-refractivity contribution in [1.82, 2.24) is 5.32 Å². The van der Waals surface area contributed by atoms with E-state index in [0.29, 0.717) is 0 Å². The summed E-state index contributed by atoms with van der Waals surface area (Å²) in [4.78, 5) is 10.1. The van der Waals surface area contributed by atoms with Crippen molar-refractivity contribution in [3.05, 3.63) is 12.5 Å². The van der Waals surface area contributed by atoms with Gasteiger partial charge in [0.1, 0.15) is 0 Å². The minimum atomic E-state index is -0.0988. The molecule has 0 heterocycles. The molecule has 0 aliphatic rings. The van der Waals surface area contributed by atoms with Crippen LogP contribution >= 0.6 is 0 Å². The summed E-state index contributed by atoms with van der Waals surface area (Å²) in [5.74, 6) is -0.0988. The highest BCUT2D eigenvalue weighted by Crippen LogP contribution is 1.66. The third-order valence-electron chi connectivity index (χ3n) is 0.491. The molecule has 0 fully saturated rings. The van der Waals surface area contributed by atoms with E-state index >= 15 is 0 Å². The monoisotopic (exact) mass is 115 g/mol. The summed E-state index contributed by atoms with van der Waals surface area (Å²) < 4.78 is 4.50. The number of carbonyl (C=O) groups is 1. The maximum Gasteiger partial charge on any atom is 0.220 e. The highest BCUT2D eigenvalue weighted by Gasteiger charge is 1.78. The van der Waals surface area contributed by atoms with Crippen LogP contribution in [0, 0.1) is 0 Å². The molecule has 0 radical (unpaired) electrons. The molecule has 0 aliphatic heterocycles. The van der Waals surface area contributed by atoms with Gasteiger partial charge in [-0.25, -0.2) is 0 Å². The summed E-state index contributed by atoms with van der Waals surface area (Å²) in [7, 11) is 1.51. The normalized spacial score (nSPS) is 9.25. The predicted molar refractivity (Wildman–Crippen MR) is 30.0 cm³/mol. The number of ether oxygens (including phenoxy) is 1. The molecule has 0 aromatic heterocycles. The van der Waals surface area contributed by atoms with Crippen molar-refractivity contribution in [2.75, 3.05) is 7.11 Å². The number of carbonyl (C=O) groups excluding carboxylic acids is 1. The van der Waals surface area contributed by atoms with Gasteiger partial charge in [0.15, 0.2) is 0 Å². The lowest BCUT2D eigenvalue weighted by Gasteiger charge is -1.88. The minimum Gasteiger partial charge on any atom is -0.503 e. The summed E-state index contributed by atoms with van der Waals surface area (Å²) in [5, 5.41) is 2.40. The van der Waals surface area contributed by atoms with Gasteiger partial charge in [0.05, 0.1) is 13.4 Å². The molecule has 3 heteroatoms. The van der Waals surface area contributed by atoms with Crippen LogP contribution in [0.1, 0.15) is 6.92 Å². The maximum atomic E-state index is 10.1. The largest absolute Gasteiger partial charge is 0.503 e. The Morgan fingerprint density at radius 1 is 1.75 bits per heavy atom. The van der Waals surface area contributed by atoms with Gasteiger partial charge in [-0.3, -0.25) is 4.79 Å². The van der Waals surface area contributed by atoms with Crippen molar-refractivity contribution in [1.29, 1.82) is 0 Å². The smallest absolute Gasteiger partial charge is 0.220 e. The topological polar surface area (TPSA) is 38.3 Å². The van der Waals surface area contributed by atoms with Gasteiger partial charge >= 0.3 is 0 Å². The summed E-state index contributed by atoms with van der Waals surface area (Å²) in [6, 6.07) is 0. The Labute approximate surface area is 48.3 Å². The molecule has 0 rings (SSSR count). The molecule has 0 unspecified atom stereocenters. The van der Waals surface area contributed by atoms with Gasteiger partial charge in [-0.1, -0.05) is 0 Å². The Kier molecular flexibility index (Phi) is 3.66. The molecule has 1 amide bonds. The molecule has 0 aromatic carbocycles. The van der Waals surface area contributed by atoms with Gasteiger partial charge in [-0.2, -0.15) is 0 Å². The third-order valence-corrected chi connectivity index (χ3v) is 0.491. The molecule has 46 valence electrons. The van der Waals surface area contributed by atoms with Gasteiger partial charge in [0, 0.05) is 13.1 Å². The van der Waals surface area contributed by atoms with Crippen LogP contribution in [0.3, 0.4) is 0 Å². The number of amides is 1. The first-order valence-corrected chi connectivity index (χ1v) is 2.22. The van der Waals surface area contributed by atoms with E-state index in [9.17, 15) is 4.79 Å². The Hall–Kier alpha value is -0.990. The fourth-order valence-electron chi connectivity index (χ4n) is 0.219. The van der Waals surface area contributed by atoms with Crippen molar-refractivity contribution < 1.29 is 9.53 Å². The summed E-state index contributed by atoms with van der Waals surface area (Å²) in [6.45, 7) is 1.43. The lowest BCUT2D eigenvalue weighted by molar-refractivity contribution is -0.118. The van der Waals surface area contributed by atoms with Crippen molar-refractivity contribution in [2.24, 2.45) is 0 Å². The van der Waals surface area contributed by atoms with E-state index in [2.05, 4.69) is 10.1 Å². The van der Waals surface area contributed by atoms with Gasteiger partial charge in [-0.05, 0) is 0 Å². The van der Waals surface area contributed by atoms with Crippen LogP contribution in [0.4, 0.5) is 0 Å². The molecule has 0 saturated carbocycles. The first kappa shape index (κ1) is 7.01. The van der Waals surface area contributed by atoms with Gasteiger partial charge in [0.2, 0.25) is 5.91 Å². The second kappa shape index (κ2) is 4.18. The molecule has 0 saturated heterocycles. The van der Waals surface area contributed by atoms with Crippen LogP contribution in [0.25, 0.3) is 0 Å². The Morgan fingerprint density at radius 2 is 2.38 bits per heavy atom. The van der Waals surface area contributed by atoms with Crippen LogP contribution in [-0.4, -0.2) is 13.0 Å². The lowest BCUT2D eigenvalue weighted by Crippen LogP contribution is -2.11. The first-order chi connectivity index (χ1) is 3.77. The predicted octanol–water partition coefficient (Wildman–Crippen LogP) is 0.240. The van der Waals surface area contributed by atoms with E-state index in [1.54, 1.807) is 0 Å². The zero-order valence-corrected chi connectivity index (χ0v) is 4.97. The number of hydrogen-bond acceptors (Lipinski definition) is 2. The molecular formula is C5H9NO2. The van der Waals surface area contributed by atoms with Gasteiger partial charge in [-0.15, -0.1) is 0 Å².